The molecule has 1 spiro atoms. The Morgan fingerprint density at radius 1 is 1.12 bits per heavy atom. The number of likely N-dealkylation sites (tertiary alicyclic amines) is 1. The zero-order valence-corrected chi connectivity index (χ0v) is 17.8. The van der Waals surface area contributed by atoms with Crippen molar-refractivity contribution in [2.24, 2.45) is 11.8 Å². The van der Waals surface area contributed by atoms with Crippen molar-refractivity contribution in [1.82, 2.24) is 9.80 Å². The maximum Gasteiger partial charge on any atom is 0.416 e. The van der Waals surface area contributed by atoms with Crippen LogP contribution in [0.15, 0.2) is 24.3 Å². The van der Waals surface area contributed by atoms with Gasteiger partial charge in [-0.05, 0) is 24.5 Å². The topological polar surface area (TPSA) is 49.9 Å². The molecule has 0 aliphatic carbocycles. The van der Waals surface area contributed by atoms with Gasteiger partial charge in [0.25, 0.3) is 5.91 Å². The van der Waals surface area contributed by atoms with Crippen molar-refractivity contribution in [1.29, 1.82) is 0 Å². The summed E-state index contributed by atoms with van der Waals surface area (Å²) in [5.41, 5.74) is -2.73. The monoisotopic (exact) mass is 460 g/mol. The van der Waals surface area contributed by atoms with E-state index in [1.165, 1.54) is 0 Å². The molecule has 2 unspecified atom stereocenters. The molecular weight excluding hydrogens is 435 g/mol. The summed E-state index contributed by atoms with van der Waals surface area (Å²) in [6.07, 6.45) is -3.74. The molecule has 0 N–H and O–H groups in total. The molecule has 1 aromatic rings. The van der Waals surface area contributed by atoms with E-state index in [1.54, 1.807) is 4.90 Å². The first-order valence-corrected chi connectivity index (χ1v) is 10.7. The Balaban J connectivity index is 1.53. The molecule has 3 heterocycles. The highest BCUT2D eigenvalue weighted by Gasteiger charge is 2.60. The van der Waals surface area contributed by atoms with Gasteiger partial charge >= 0.3 is 12.1 Å². The summed E-state index contributed by atoms with van der Waals surface area (Å²) in [4.78, 5) is 28.2. The first kappa shape index (κ1) is 22.9. The van der Waals surface area contributed by atoms with Crippen molar-refractivity contribution < 1.29 is 36.3 Å². The van der Waals surface area contributed by atoms with Crippen LogP contribution >= 0.6 is 0 Å². The molecule has 3 fully saturated rings. The van der Waals surface area contributed by atoms with Crippen molar-refractivity contribution in [3.63, 3.8) is 0 Å². The number of carbonyl (C=O) groups is 2. The second-order valence-electron chi connectivity index (χ2n) is 9.12. The molecular formula is C22H25F5N2O3. The van der Waals surface area contributed by atoms with E-state index in [2.05, 4.69) is 0 Å². The lowest BCUT2D eigenvalue weighted by molar-refractivity contribution is -0.199. The van der Waals surface area contributed by atoms with Crippen LogP contribution in [0.25, 0.3) is 0 Å². The molecule has 176 valence electrons. The van der Waals surface area contributed by atoms with Gasteiger partial charge in [0.2, 0.25) is 5.91 Å². The van der Waals surface area contributed by atoms with E-state index in [0.29, 0.717) is 37.3 Å². The van der Waals surface area contributed by atoms with Crippen molar-refractivity contribution in [2.75, 3.05) is 19.7 Å². The summed E-state index contributed by atoms with van der Waals surface area (Å²) < 4.78 is 74.1. The van der Waals surface area contributed by atoms with E-state index in [0.717, 1.165) is 4.90 Å². The predicted molar refractivity (Wildman–Crippen MR) is 103 cm³/mol. The highest BCUT2D eigenvalue weighted by molar-refractivity contribution is 5.85. The van der Waals surface area contributed by atoms with Gasteiger partial charge in [0.1, 0.15) is 5.72 Å². The fourth-order valence-electron chi connectivity index (χ4n) is 5.16. The molecule has 1 aromatic carbocycles. The Morgan fingerprint density at radius 3 is 2.34 bits per heavy atom. The van der Waals surface area contributed by atoms with Crippen molar-refractivity contribution >= 4 is 11.8 Å². The normalized spacial score (nSPS) is 28.7. The lowest BCUT2D eigenvalue weighted by Gasteiger charge is -2.53. The van der Waals surface area contributed by atoms with Crippen LogP contribution in [-0.4, -0.2) is 53.1 Å². The van der Waals surface area contributed by atoms with Crippen LogP contribution < -0.4 is 0 Å². The van der Waals surface area contributed by atoms with Gasteiger partial charge in [0.15, 0.2) is 0 Å². The number of nitrogens with zero attached hydrogens (tertiary/aromatic N) is 2. The molecule has 4 rings (SSSR count). The summed E-state index contributed by atoms with van der Waals surface area (Å²) >= 11 is 0. The van der Waals surface area contributed by atoms with Gasteiger partial charge in [0.05, 0.1) is 18.2 Å². The molecule has 2 amide bonds. The highest BCUT2D eigenvalue weighted by Crippen LogP contribution is 2.48. The third-order valence-corrected chi connectivity index (χ3v) is 6.94. The minimum Gasteiger partial charge on any atom is -0.353 e. The van der Waals surface area contributed by atoms with E-state index in [9.17, 15) is 31.5 Å². The average Bonchev–Trinajstić information content (AvgIpc) is 3.13. The van der Waals surface area contributed by atoms with Crippen LogP contribution in [0.4, 0.5) is 22.0 Å². The maximum absolute atomic E-state index is 14.9. The SMILES string of the molecule is CC(C)[C@H]1COC23CCN(C(=O)C(F)(F)c4ccc(C(F)(F)F)cc4)CC2CCC(=O)N13. The number of hydrogen-bond donors (Lipinski definition) is 0. The van der Waals surface area contributed by atoms with Crippen LogP contribution in [0.3, 0.4) is 0 Å². The number of halogens is 5. The molecule has 5 nitrogen and oxygen atoms in total. The van der Waals surface area contributed by atoms with Crippen LogP contribution in [0.2, 0.25) is 0 Å². The first-order valence-electron chi connectivity index (χ1n) is 10.7. The van der Waals surface area contributed by atoms with E-state index in [-0.39, 0.29) is 49.7 Å². The Labute approximate surface area is 182 Å². The number of alkyl halides is 5. The van der Waals surface area contributed by atoms with Gasteiger partial charge in [-0.25, -0.2) is 0 Å². The Morgan fingerprint density at radius 2 is 1.75 bits per heavy atom. The summed E-state index contributed by atoms with van der Waals surface area (Å²) in [5, 5.41) is 0. The van der Waals surface area contributed by atoms with E-state index in [1.807, 2.05) is 13.8 Å². The molecule has 3 saturated heterocycles. The van der Waals surface area contributed by atoms with E-state index >= 15 is 0 Å². The molecule has 32 heavy (non-hydrogen) atoms. The Kier molecular flexibility index (Phi) is 5.50. The lowest BCUT2D eigenvalue weighted by Crippen LogP contribution is -2.66. The molecule has 0 aromatic heterocycles. The third-order valence-electron chi connectivity index (χ3n) is 6.94. The number of amides is 2. The molecule has 0 radical (unpaired) electrons. The number of hydrogen-bond acceptors (Lipinski definition) is 3. The van der Waals surface area contributed by atoms with Crippen molar-refractivity contribution in [3.05, 3.63) is 35.4 Å². The Bertz CT molecular complexity index is 902. The molecule has 3 aliphatic heterocycles. The van der Waals surface area contributed by atoms with Crippen LogP contribution in [-0.2, 0) is 26.4 Å². The van der Waals surface area contributed by atoms with E-state index < -0.39 is 34.9 Å². The summed E-state index contributed by atoms with van der Waals surface area (Å²) in [5.74, 6) is -5.57. The smallest absolute Gasteiger partial charge is 0.353 e. The zero-order chi connectivity index (χ0) is 23.5. The van der Waals surface area contributed by atoms with Gasteiger partial charge in [-0.15, -0.1) is 0 Å². The second-order valence-corrected chi connectivity index (χ2v) is 9.12. The maximum atomic E-state index is 14.9. The minimum atomic E-state index is -4.65. The van der Waals surface area contributed by atoms with Gasteiger partial charge < -0.3 is 14.5 Å². The number of ether oxygens (including phenoxy) is 1. The van der Waals surface area contributed by atoms with Crippen LogP contribution in [0, 0.1) is 11.8 Å². The molecule has 3 aliphatic rings. The lowest BCUT2D eigenvalue weighted by atomic mass is 9.79. The molecule has 10 heteroatoms. The number of rotatable bonds is 3. The predicted octanol–water partition coefficient (Wildman–Crippen LogP) is 4.02. The fourth-order valence-corrected chi connectivity index (χ4v) is 5.16. The molecule has 0 bridgehead atoms. The molecule has 0 saturated carbocycles. The van der Waals surface area contributed by atoms with Crippen LogP contribution in [0.5, 0.6) is 0 Å². The minimum absolute atomic E-state index is 0.00362. The Hall–Kier alpha value is -2.23. The quantitative estimate of drug-likeness (QED) is 0.641. The summed E-state index contributed by atoms with van der Waals surface area (Å²) in [7, 11) is 0. The summed E-state index contributed by atoms with van der Waals surface area (Å²) in [6.45, 7) is 4.33. The largest absolute Gasteiger partial charge is 0.416 e. The second kappa shape index (κ2) is 7.67. The number of carbonyl (C=O) groups excluding carboxylic acids is 2. The standard InChI is InChI=1S/C22H25F5N2O3/c1-13(2)17-12-32-20-9-10-28(11-16(20)7-8-18(30)29(17)20)19(31)21(23,24)14-3-5-15(6-4-14)22(25,26)27/h3-6,13,16-17H,7-12H2,1-2H3/t16?,17-,20?/m1/s1. The number of benzene rings is 1. The van der Waals surface area contributed by atoms with Gasteiger partial charge in [0, 0.05) is 37.4 Å². The third kappa shape index (κ3) is 3.56. The average molecular weight is 460 g/mol. The first-order chi connectivity index (χ1) is 14.9. The van der Waals surface area contributed by atoms with Gasteiger partial charge in [-0.3, -0.25) is 9.59 Å². The zero-order valence-electron chi connectivity index (χ0n) is 17.8. The van der Waals surface area contributed by atoms with Gasteiger partial charge in [-0.2, -0.15) is 22.0 Å². The van der Waals surface area contributed by atoms with Crippen molar-refractivity contribution in [2.45, 2.75) is 57.0 Å². The van der Waals surface area contributed by atoms with Crippen molar-refractivity contribution in [3.8, 4) is 0 Å². The number of piperidine rings is 2. The fraction of sp³-hybridized carbons (Fsp3) is 0.636. The molecule has 3 atom stereocenters. The summed E-state index contributed by atoms with van der Waals surface area (Å²) in [6, 6.07) is 2.28. The van der Waals surface area contributed by atoms with Gasteiger partial charge in [-0.1, -0.05) is 26.0 Å². The highest BCUT2D eigenvalue weighted by atomic mass is 19.4. The van der Waals surface area contributed by atoms with E-state index in [4.69, 9.17) is 4.74 Å². The van der Waals surface area contributed by atoms with Crippen LogP contribution in [0.1, 0.15) is 44.2 Å².